The Bertz CT molecular complexity index is 598. The van der Waals surface area contributed by atoms with Crippen LogP contribution in [0.4, 0.5) is 0 Å². The maximum Gasteiger partial charge on any atom is 0.224 e. The van der Waals surface area contributed by atoms with Crippen molar-refractivity contribution in [1.29, 1.82) is 0 Å². The van der Waals surface area contributed by atoms with E-state index in [1.54, 1.807) is 22.8 Å². The monoisotopic (exact) mass is 373 g/mol. The molecule has 1 atom stereocenters. The standard InChI is InChI=1S/C14H20BrN3O2S/c1-3-14(12-9-13(15)11-16-10-12)21(19,20)18-7-5-17(4-2)6-8-18/h3,9-11,14H,1,4-8H2,2H3. The van der Waals surface area contributed by atoms with Gasteiger partial charge in [-0.05, 0) is 34.1 Å². The molecule has 0 N–H and O–H groups in total. The number of hydrogen-bond acceptors (Lipinski definition) is 4. The maximum atomic E-state index is 12.8. The first-order valence-electron chi connectivity index (χ1n) is 6.93. The van der Waals surface area contributed by atoms with Crippen molar-refractivity contribution < 1.29 is 8.42 Å². The molecule has 0 aliphatic carbocycles. The molecule has 0 amide bonds. The van der Waals surface area contributed by atoms with E-state index in [1.807, 2.05) is 0 Å². The van der Waals surface area contributed by atoms with Gasteiger partial charge in [-0.15, -0.1) is 6.58 Å². The van der Waals surface area contributed by atoms with Crippen molar-refractivity contribution in [2.24, 2.45) is 0 Å². The van der Waals surface area contributed by atoms with E-state index >= 15 is 0 Å². The molecule has 0 aromatic carbocycles. The van der Waals surface area contributed by atoms with Gasteiger partial charge in [0.15, 0.2) is 0 Å². The molecule has 1 aromatic heterocycles. The Morgan fingerprint density at radius 3 is 2.57 bits per heavy atom. The second kappa shape index (κ2) is 7.00. The quantitative estimate of drug-likeness (QED) is 0.741. The third-order valence-electron chi connectivity index (χ3n) is 3.73. The Morgan fingerprint density at radius 2 is 2.05 bits per heavy atom. The highest BCUT2D eigenvalue weighted by molar-refractivity contribution is 9.10. The lowest BCUT2D eigenvalue weighted by atomic mass is 10.2. The van der Waals surface area contributed by atoms with Gasteiger partial charge in [0, 0.05) is 43.0 Å². The lowest BCUT2D eigenvalue weighted by molar-refractivity contribution is 0.196. The number of hydrogen-bond donors (Lipinski definition) is 0. The minimum atomic E-state index is -3.45. The number of piperazine rings is 1. The van der Waals surface area contributed by atoms with Crippen LogP contribution in [0.5, 0.6) is 0 Å². The van der Waals surface area contributed by atoms with E-state index in [0.717, 1.165) is 24.1 Å². The van der Waals surface area contributed by atoms with E-state index in [9.17, 15) is 8.42 Å². The van der Waals surface area contributed by atoms with Gasteiger partial charge >= 0.3 is 0 Å². The molecule has 0 saturated carbocycles. The van der Waals surface area contributed by atoms with E-state index in [0.29, 0.717) is 18.7 Å². The lowest BCUT2D eigenvalue weighted by Gasteiger charge is -2.34. The molecule has 1 aliphatic rings. The molecule has 1 aliphatic heterocycles. The molecular weight excluding hydrogens is 354 g/mol. The van der Waals surface area contributed by atoms with Crippen LogP contribution in [-0.2, 0) is 10.0 Å². The van der Waals surface area contributed by atoms with Crippen LogP contribution in [0.2, 0.25) is 0 Å². The summed E-state index contributed by atoms with van der Waals surface area (Å²) in [4.78, 5) is 6.30. The van der Waals surface area contributed by atoms with Crippen molar-refractivity contribution in [3.63, 3.8) is 0 Å². The first-order valence-corrected chi connectivity index (χ1v) is 9.23. The predicted octanol–water partition coefficient (Wildman–Crippen LogP) is 2.04. The van der Waals surface area contributed by atoms with Crippen LogP contribution in [0.15, 0.2) is 35.6 Å². The van der Waals surface area contributed by atoms with Crippen molar-refractivity contribution in [1.82, 2.24) is 14.2 Å². The third kappa shape index (κ3) is 3.71. The number of likely N-dealkylation sites (N-methyl/N-ethyl adjacent to an activating group) is 1. The highest BCUT2D eigenvalue weighted by Crippen LogP contribution is 2.28. The molecule has 0 bridgehead atoms. The number of sulfonamides is 1. The fraction of sp³-hybridized carbons (Fsp3) is 0.500. The lowest BCUT2D eigenvalue weighted by Crippen LogP contribution is -2.49. The largest absolute Gasteiger partial charge is 0.301 e. The first kappa shape index (κ1) is 16.6. The van der Waals surface area contributed by atoms with Crippen molar-refractivity contribution in [3.8, 4) is 0 Å². The zero-order valence-corrected chi connectivity index (χ0v) is 14.5. The summed E-state index contributed by atoms with van der Waals surface area (Å²) in [6, 6.07) is 1.78. The van der Waals surface area contributed by atoms with Gasteiger partial charge in [0.05, 0.1) is 0 Å². The topological polar surface area (TPSA) is 53.5 Å². The van der Waals surface area contributed by atoms with Crippen LogP contribution in [-0.4, -0.2) is 55.3 Å². The highest BCUT2D eigenvalue weighted by Gasteiger charge is 2.33. The van der Waals surface area contributed by atoms with Gasteiger partial charge in [-0.25, -0.2) is 8.42 Å². The van der Waals surface area contributed by atoms with Crippen molar-refractivity contribution >= 4 is 26.0 Å². The summed E-state index contributed by atoms with van der Waals surface area (Å²) >= 11 is 3.33. The average molecular weight is 374 g/mol. The fourth-order valence-corrected chi connectivity index (χ4v) is 4.57. The van der Waals surface area contributed by atoms with Crippen LogP contribution in [0, 0.1) is 0 Å². The minimum absolute atomic E-state index is 0.530. The number of aromatic nitrogens is 1. The Balaban J connectivity index is 2.23. The average Bonchev–Trinajstić information content (AvgIpc) is 2.48. The number of nitrogens with zero attached hydrogens (tertiary/aromatic N) is 3. The molecule has 116 valence electrons. The summed E-state index contributed by atoms with van der Waals surface area (Å²) in [6.07, 6.45) is 4.69. The zero-order valence-electron chi connectivity index (χ0n) is 12.1. The van der Waals surface area contributed by atoms with E-state index < -0.39 is 15.3 Å². The summed E-state index contributed by atoms with van der Waals surface area (Å²) in [6.45, 7) is 9.35. The minimum Gasteiger partial charge on any atom is -0.301 e. The third-order valence-corrected chi connectivity index (χ3v) is 6.35. The first-order chi connectivity index (χ1) is 9.98. The van der Waals surface area contributed by atoms with Crippen LogP contribution in [0.25, 0.3) is 0 Å². The molecule has 5 nitrogen and oxygen atoms in total. The summed E-state index contributed by atoms with van der Waals surface area (Å²) in [5.41, 5.74) is 0.636. The van der Waals surface area contributed by atoms with Crippen LogP contribution in [0.1, 0.15) is 17.7 Å². The Hall–Kier alpha value is -0.760. The van der Waals surface area contributed by atoms with E-state index in [1.165, 1.54) is 6.08 Å². The van der Waals surface area contributed by atoms with E-state index in [2.05, 4.69) is 39.3 Å². The maximum absolute atomic E-state index is 12.8. The summed E-state index contributed by atoms with van der Waals surface area (Å²) in [5.74, 6) is 0. The summed E-state index contributed by atoms with van der Waals surface area (Å²) in [7, 11) is -3.45. The highest BCUT2D eigenvalue weighted by atomic mass is 79.9. The van der Waals surface area contributed by atoms with Gasteiger partial charge in [-0.1, -0.05) is 13.0 Å². The SMILES string of the molecule is C=CC(c1cncc(Br)c1)S(=O)(=O)N1CCN(CC)CC1. The predicted molar refractivity (Wildman–Crippen MR) is 87.5 cm³/mol. The van der Waals surface area contributed by atoms with E-state index in [4.69, 9.17) is 0 Å². The molecule has 0 radical (unpaired) electrons. The summed E-state index contributed by atoms with van der Waals surface area (Å²) in [5, 5.41) is -0.754. The Labute approximate surface area is 134 Å². The van der Waals surface area contributed by atoms with Gasteiger partial charge in [-0.2, -0.15) is 4.31 Å². The van der Waals surface area contributed by atoms with E-state index in [-0.39, 0.29) is 0 Å². The number of rotatable bonds is 5. The molecule has 1 saturated heterocycles. The Morgan fingerprint density at radius 1 is 1.38 bits per heavy atom. The van der Waals surface area contributed by atoms with Gasteiger partial charge in [0.25, 0.3) is 0 Å². The van der Waals surface area contributed by atoms with Gasteiger partial charge in [0.2, 0.25) is 10.0 Å². The molecule has 0 spiro atoms. The molecule has 7 heteroatoms. The summed E-state index contributed by atoms with van der Waals surface area (Å²) < 4.78 is 28.0. The molecule has 2 rings (SSSR count). The molecule has 21 heavy (non-hydrogen) atoms. The molecule has 2 heterocycles. The second-order valence-corrected chi connectivity index (χ2v) is 7.94. The molecular formula is C14H20BrN3O2S. The molecule has 1 fully saturated rings. The second-order valence-electron chi connectivity index (χ2n) is 4.97. The van der Waals surface area contributed by atoms with Gasteiger partial charge in [0.1, 0.15) is 5.25 Å². The van der Waals surface area contributed by atoms with Crippen LogP contribution >= 0.6 is 15.9 Å². The van der Waals surface area contributed by atoms with Crippen LogP contribution in [0.3, 0.4) is 0 Å². The van der Waals surface area contributed by atoms with Crippen LogP contribution < -0.4 is 0 Å². The number of halogens is 1. The molecule has 1 aromatic rings. The van der Waals surface area contributed by atoms with Gasteiger partial charge < -0.3 is 4.90 Å². The Kier molecular flexibility index (Phi) is 5.54. The van der Waals surface area contributed by atoms with Crippen molar-refractivity contribution in [3.05, 3.63) is 41.2 Å². The molecule has 1 unspecified atom stereocenters. The zero-order chi connectivity index (χ0) is 15.5. The van der Waals surface area contributed by atoms with Crippen molar-refractivity contribution in [2.45, 2.75) is 12.2 Å². The fourth-order valence-electron chi connectivity index (χ4n) is 2.47. The normalized spacial score (nSPS) is 19.3. The van der Waals surface area contributed by atoms with Gasteiger partial charge in [-0.3, -0.25) is 4.98 Å². The smallest absolute Gasteiger partial charge is 0.224 e. The number of pyridine rings is 1. The van der Waals surface area contributed by atoms with Crippen molar-refractivity contribution in [2.75, 3.05) is 32.7 Å².